The number of methoxy groups -OCH3 is 1. The minimum Gasteiger partial charge on any atom is -0.496 e. The second-order valence-corrected chi connectivity index (χ2v) is 6.22. The Morgan fingerprint density at radius 2 is 1.45 bits per heavy atom. The van der Waals surface area contributed by atoms with E-state index in [1.54, 1.807) is 48.5 Å². The van der Waals surface area contributed by atoms with Crippen molar-refractivity contribution in [2.24, 2.45) is 0 Å². The van der Waals surface area contributed by atoms with E-state index in [4.69, 9.17) is 9.47 Å². The van der Waals surface area contributed by atoms with E-state index in [2.05, 4.69) is 23.0 Å². The van der Waals surface area contributed by atoms with Gasteiger partial charge in [-0.1, -0.05) is 42.5 Å². The van der Waals surface area contributed by atoms with E-state index < -0.39 is 11.8 Å². The summed E-state index contributed by atoms with van der Waals surface area (Å²) in [5.74, 6) is 0.215. The van der Waals surface area contributed by atoms with Crippen molar-refractivity contribution >= 4 is 11.8 Å². The minimum atomic E-state index is -0.461. The lowest BCUT2D eigenvalue weighted by Crippen LogP contribution is -2.41. The van der Waals surface area contributed by atoms with Gasteiger partial charge in [0.1, 0.15) is 11.5 Å². The van der Waals surface area contributed by atoms with Gasteiger partial charge < -0.3 is 9.47 Å². The third-order valence-corrected chi connectivity index (χ3v) is 4.26. The van der Waals surface area contributed by atoms with Gasteiger partial charge in [-0.25, -0.2) is 0 Å². The number of hydrogen-bond acceptors (Lipinski definition) is 4. The summed E-state index contributed by atoms with van der Waals surface area (Å²) < 4.78 is 10.9. The first-order chi connectivity index (χ1) is 14.2. The Labute approximate surface area is 169 Å². The van der Waals surface area contributed by atoms with E-state index in [0.717, 1.165) is 6.42 Å². The van der Waals surface area contributed by atoms with Gasteiger partial charge >= 0.3 is 0 Å². The summed E-state index contributed by atoms with van der Waals surface area (Å²) in [5, 5.41) is 0. The summed E-state index contributed by atoms with van der Waals surface area (Å²) in [4.78, 5) is 24.5. The van der Waals surface area contributed by atoms with Gasteiger partial charge in [0, 0.05) is 12.0 Å². The third kappa shape index (κ3) is 5.59. The van der Waals surface area contributed by atoms with Crippen LogP contribution in [0, 0.1) is 0 Å². The van der Waals surface area contributed by atoms with Gasteiger partial charge in [0.2, 0.25) is 0 Å². The largest absolute Gasteiger partial charge is 0.496 e. The molecule has 3 rings (SSSR count). The average Bonchev–Trinajstić information content (AvgIpc) is 2.78. The number of ether oxygens (including phenoxy) is 2. The highest BCUT2D eigenvalue weighted by Crippen LogP contribution is 2.17. The zero-order valence-electron chi connectivity index (χ0n) is 16.1. The lowest BCUT2D eigenvalue weighted by molar-refractivity contribution is 0.0845. The van der Waals surface area contributed by atoms with Crippen molar-refractivity contribution in [2.45, 2.75) is 6.42 Å². The average molecular weight is 390 g/mol. The molecule has 0 bridgehead atoms. The van der Waals surface area contributed by atoms with Crippen LogP contribution in [0.2, 0.25) is 0 Å². The number of para-hydroxylation sites is 1. The molecule has 0 heterocycles. The molecule has 148 valence electrons. The van der Waals surface area contributed by atoms with Crippen LogP contribution in [0.5, 0.6) is 11.5 Å². The van der Waals surface area contributed by atoms with Crippen LogP contribution >= 0.6 is 0 Å². The number of nitrogens with one attached hydrogen (secondary N) is 2. The number of carbonyl (C=O) groups is 2. The fourth-order valence-electron chi connectivity index (χ4n) is 2.72. The van der Waals surface area contributed by atoms with Crippen LogP contribution in [0.3, 0.4) is 0 Å². The highest BCUT2D eigenvalue weighted by atomic mass is 16.5. The maximum absolute atomic E-state index is 12.2. The van der Waals surface area contributed by atoms with E-state index in [-0.39, 0.29) is 0 Å². The minimum absolute atomic E-state index is 0.331. The molecule has 29 heavy (non-hydrogen) atoms. The maximum atomic E-state index is 12.2. The van der Waals surface area contributed by atoms with Gasteiger partial charge in [0.15, 0.2) is 0 Å². The van der Waals surface area contributed by atoms with Crippen molar-refractivity contribution in [2.75, 3.05) is 13.7 Å². The van der Waals surface area contributed by atoms with Crippen molar-refractivity contribution < 1.29 is 19.1 Å². The quantitative estimate of drug-likeness (QED) is 0.607. The highest BCUT2D eigenvalue weighted by molar-refractivity contribution is 6.00. The van der Waals surface area contributed by atoms with E-state index in [1.807, 2.05) is 18.2 Å². The fourth-order valence-corrected chi connectivity index (χ4v) is 2.72. The van der Waals surface area contributed by atoms with Crippen LogP contribution in [0.4, 0.5) is 0 Å². The number of carbonyl (C=O) groups excluding carboxylic acids is 2. The standard InChI is InChI=1S/C23H22N2O4/c1-28-21-10-6-5-9-20(21)23(27)25-24-22(26)18-11-13-19(14-12-18)29-16-15-17-7-3-2-4-8-17/h2-14H,15-16H2,1H3,(H,24,26)(H,25,27). The summed E-state index contributed by atoms with van der Waals surface area (Å²) in [6.45, 7) is 0.546. The van der Waals surface area contributed by atoms with Crippen molar-refractivity contribution in [3.8, 4) is 11.5 Å². The highest BCUT2D eigenvalue weighted by Gasteiger charge is 2.13. The monoisotopic (exact) mass is 390 g/mol. The normalized spacial score (nSPS) is 10.1. The summed E-state index contributed by atoms with van der Waals surface area (Å²) in [7, 11) is 1.48. The Kier molecular flexibility index (Phi) is 6.84. The molecule has 6 nitrogen and oxygen atoms in total. The first-order valence-electron chi connectivity index (χ1n) is 9.18. The molecule has 3 aromatic carbocycles. The topological polar surface area (TPSA) is 76.7 Å². The molecular formula is C23H22N2O4. The van der Waals surface area contributed by atoms with Crippen molar-refractivity contribution in [3.63, 3.8) is 0 Å². The van der Waals surface area contributed by atoms with Gasteiger partial charge in [-0.15, -0.1) is 0 Å². The SMILES string of the molecule is COc1ccccc1C(=O)NNC(=O)c1ccc(OCCc2ccccc2)cc1. The van der Waals surface area contributed by atoms with E-state index in [9.17, 15) is 9.59 Å². The zero-order valence-corrected chi connectivity index (χ0v) is 16.1. The molecule has 2 amide bonds. The predicted molar refractivity (Wildman–Crippen MR) is 110 cm³/mol. The van der Waals surface area contributed by atoms with Gasteiger partial charge in [-0.2, -0.15) is 0 Å². The van der Waals surface area contributed by atoms with Crippen LogP contribution in [-0.2, 0) is 6.42 Å². The van der Waals surface area contributed by atoms with Crippen LogP contribution in [-0.4, -0.2) is 25.5 Å². The Balaban J connectivity index is 1.49. The molecular weight excluding hydrogens is 368 g/mol. The summed E-state index contributed by atoms with van der Waals surface area (Å²) in [6.07, 6.45) is 0.804. The molecule has 0 aromatic heterocycles. The van der Waals surface area contributed by atoms with Gasteiger partial charge in [0.25, 0.3) is 11.8 Å². The molecule has 3 aromatic rings. The summed E-state index contributed by atoms with van der Waals surface area (Å²) in [6, 6.07) is 23.6. The first-order valence-corrected chi connectivity index (χ1v) is 9.18. The number of amides is 2. The molecule has 0 unspecified atom stereocenters. The summed E-state index contributed by atoms with van der Waals surface area (Å²) >= 11 is 0. The molecule has 0 radical (unpaired) electrons. The molecule has 0 aliphatic carbocycles. The molecule has 0 spiro atoms. The molecule has 0 saturated carbocycles. The lowest BCUT2D eigenvalue weighted by atomic mass is 10.2. The Morgan fingerprint density at radius 3 is 2.17 bits per heavy atom. The smallest absolute Gasteiger partial charge is 0.273 e. The number of benzene rings is 3. The maximum Gasteiger partial charge on any atom is 0.273 e. The number of hydrogen-bond donors (Lipinski definition) is 2. The number of hydrazine groups is 1. The molecule has 2 N–H and O–H groups in total. The number of rotatable bonds is 7. The third-order valence-electron chi connectivity index (χ3n) is 4.26. The van der Waals surface area contributed by atoms with Crippen LogP contribution in [0.15, 0.2) is 78.9 Å². The molecule has 0 atom stereocenters. The van der Waals surface area contributed by atoms with Gasteiger partial charge in [-0.3, -0.25) is 20.4 Å². The van der Waals surface area contributed by atoms with Gasteiger partial charge in [0.05, 0.1) is 19.3 Å². The van der Waals surface area contributed by atoms with Crippen LogP contribution in [0.25, 0.3) is 0 Å². The van der Waals surface area contributed by atoms with Crippen LogP contribution in [0.1, 0.15) is 26.3 Å². The van der Waals surface area contributed by atoms with Crippen molar-refractivity contribution in [3.05, 3.63) is 95.6 Å². The lowest BCUT2D eigenvalue weighted by Gasteiger charge is -2.11. The Bertz CT molecular complexity index is 956. The summed E-state index contributed by atoms with van der Waals surface area (Å²) in [5.41, 5.74) is 6.72. The molecule has 0 aliphatic heterocycles. The molecule has 0 saturated heterocycles. The van der Waals surface area contributed by atoms with E-state index in [0.29, 0.717) is 29.2 Å². The van der Waals surface area contributed by atoms with E-state index in [1.165, 1.54) is 12.7 Å². The van der Waals surface area contributed by atoms with Gasteiger partial charge in [-0.05, 0) is 42.0 Å². The second-order valence-electron chi connectivity index (χ2n) is 6.22. The van der Waals surface area contributed by atoms with E-state index >= 15 is 0 Å². The Morgan fingerprint density at radius 1 is 0.793 bits per heavy atom. The van der Waals surface area contributed by atoms with Crippen LogP contribution < -0.4 is 20.3 Å². The molecule has 0 fully saturated rings. The predicted octanol–water partition coefficient (Wildman–Crippen LogP) is 3.39. The molecule has 6 heteroatoms. The second kappa shape index (κ2) is 9.94. The fraction of sp³-hybridized carbons (Fsp3) is 0.130. The van der Waals surface area contributed by atoms with Crippen molar-refractivity contribution in [1.82, 2.24) is 10.9 Å². The van der Waals surface area contributed by atoms with Crippen molar-refractivity contribution in [1.29, 1.82) is 0 Å². The Hall–Kier alpha value is -3.80. The zero-order chi connectivity index (χ0) is 20.5. The molecule has 0 aliphatic rings. The first kappa shape index (κ1) is 19.9.